The molecule has 0 radical (unpaired) electrons. The molecule has 0 saturated carbocycles. The monoisotopic (exact) mass is 400 g/mol. The van der Waals surface area contributed by atoms with Gasteiger partial charge in [0.25, 0.3) is 5.56 Å². The quantitative estimate of drug-likeness (QED) is 0.722. The lowest BCUT2D eigenvalue weighted by Gasteiger charge is -2.19. The molecule has 1 fully saturated rings. The summed E-state index contributed by atoms with van der Waals surface area (Å²) < 4.78 is 44.4. The largest absolute Gasteiger partial charge is 0.417 e. The highest BCUT2D eigenvalue weighted by Crippen LogP contribution is 2.29. The lowest BCUT2D eigenvalue weighted by molar-refractivity contribution is -0.137. The Morgan fingerprint density at radius 2 is 2.15 bits per heavy atom. The van der Waals surface area contributed by atoms with Crippen LogP contribution < -0.4 is 10.5 Å². The number of hydrogen-bond acceptors (Lipinski definition) is 5. The Balaban J connectivity index is 1.84. The first kappa shape index (κ1) is 19.4. The fourth-order valence-corrected chi connectivity index (χ4v) is 3.02. The van der Waals surface area contributed by atoms with E-state index in [2.05, 4.69) is 16.7 Å². The van der Waals surface area contributed by atoms with Crippen LogP contribution in [0.2, 0.25) is 5.02 Å². The minimum atomic E-state index is -4.51. The van der Waals surface area contributed by atoms with Crippen LogP contribution in [0.1, 0.15) is 12.0 Å². The molecule has 10 heteroatoms. The van der Waals surface area contributed by atoms with Crippen molar-refractivity contribution in [2.75, 3.05) is 24.6 Å². The maximum absolute atomic E-state index is 12.6. The summed E-state index contributed by atoms with van der Waals surface area (Å²) in [5, 5.41) is 3.94. The highest BCUT2D eigenvalue weighted by Gasteiger charge is 2.31. The average molecular weight is 401 g/mol. The molecule has 3 heterocycles. The Morgan fingerprint density at radius 1 is 1.37 bits per heavy atom. The minimum absolute atomic E-state index is 0.00178. The lowest BCUT2D eigenvalue weighted by Crippen LogP contribution is -2.28. The molecule has 0 aliphatic carbocycles. The van der Waals surface area contributed by atoms with E-state index >= 15 is 0 Å². The van der Waals surface area contributed by atoms with Crippen LogP contribution in [-0.2, 0) is 10.9 Å². The van der Waals surface area contributed by atoms with Gasteiger partial charge < -0.3 is 9.64 Å². The van der Waals surface area contributed by atoms with E-state index in [0.717, 1.165) is 23.2 Å². The van der Waals surface area contributed by atoms with Gasteiger partial charge in [0.2, 0.25) is 0 Å². The Bertz CT molecular complexity index is 883. The Hall–Kier alpha value is -2.39. The van der Waals surface area contributed by atoms with Crippen molar-refractivity contribution in [3.8, 4) is 5.82 Å². The van der Waals surface area contributed by atoms with Crippen LogP contribution in [0.4, 0.5) is 18.9 Å². The molecule has 1 unspecified atom stereocenters. The van der Waals surface area contributed by atoms with E-state index in [9.17, 15) is 18.0 Å². The summed E-state index contributed by atoms with van der Waals surface area (Å²) in [6.07, 6.45) is -0.0288. The Morgan fingerprint density at radius 3 is 2.78 bits per heavy atom. The van der Waals surface area contributed by atoms with Crippen molar-refractivity contribution in [3.05, 3.63) is 58.1 Å². The lowest BCUT2D eigenvalue weighted by atomic mass is 10.3. The summed E-state index contributed by atoms with van der Waals surface area (Å²) in [4.78, 5) is 18.1. The van der Waals surface area contributed by atoms with Gasteiger partial charge in [-0.3, -0.25) is 4.79 Å². The number of ether oxygens (including phenoxy) is 1. The molecule has 3 rings (SSSR count). The van der Waals surface area contributed by atoms with Gasteiger partial charge in [-0.15, -0.1) is 6.58 Å². The van der Waals surface area contributed by atoms with Crippen molar-refractivity contribution in [1.29, 1.82) is 0 Å². The summed E-state index contributed by atoms with van der Waals surface area (Å²) in [5.41, 5.74) is -1.11. The van der Waals surface area contributed by atoms with Crippen LogP contribution >= 0.6 is 11.6 Å². The average Bonchev–Trinajstić information content (AvgIpc) is 3.10. The van der Waals surface area contributed by atoms with Crippen LogP contribution in [0.15, 0.2) is 42.0 Å². The smallest absolute Gasteiger partial charge is 0.372 e. The third-order valence-electron chi connectivity index (χ3n) is 4.13. The van der Waals surface area contributed by atoms with E-state index in [0.29, 0.717) is 31.6 Å². The topological polar surface area (TPSA) is 60.2 Å². The third-order valence-corrected chi connectivity index (χ3v) is 4.48. The Kier molecular flexibility index (Phi) is 5.52. The molecule has 1 saturated heterocycles. The molecule has 0 N–H and O–H groups in total. The van der Waals surface area contributed by atoms with Crippen LogP contribution in [0.3, 0.4) is 0 Å². The van der Waals surface area contributed by atoms with Crippen molar-refractivity contribution >= 4 is 17.3 Å². The second-order valence-electron chi connectivity index (χ2n) is 5.94. The second kappa shape index (κ2) is 7.69. The number of anilines is 1. The van der Waals surface area contributed by atoms with Gasteiger partial charge in [0, 0.05) is 19.3 Å². The first-order valence-corrected chi connectivity index (χ1v) is 8.48. The maximum Gasteiger partial charge on any atom is 0.417 e. The number of halogens is 4. The van der Waals surface area contributed by atoms with Gasteiger partial charge in [-0.2, -0.15) is 23.0 Å². The van der Waals surface area contributed by atoms with Gasteiger partial charge in [-0.1, -0.05) is 17.7 Å². The number of pyridine rings is 1. The van der Waals surface area contributed by atoms with Crippen molar-refractivity contribution in [2.45, 2.75) is 18.7 Å². The Labute approximate surface area is 157 Å². The number of hydrogen-bond donors (Lipinski definition) is 0. The standard InChI is InChI=1S/C17H16ClF3N4O2/c1-2-7-27-12-5-6-24(10-12)13-9-23-25(16(26)15(13)18)14-4-3-11(8-22-14)17(19,20)21/h2-4,8-9,12H,1,5-7,10H2. The molecule has 2 aromatic rings. The van der Waals surface area contributed by atoms with E-state index in [4.69, 9.17) is 16.3 Å². The van der Waals surface area contributed by atoms with Gasteiger partial charge in [0.1, 0.15) is 5.02 Å². The van der Waals surface area contributed by atoms with Crippen LogP contribution in [-0.4, -0.2) is 40.6 Å². The first-order valence-electron chi connectivity index (χ1n) is 8.10. The van der Waals surface area contributed by atoms with Crippen molar-refractivity contribution in [3.63, 3.8) is 0 Å². The van der Waals surface area contributed by atoms with E-state index in [-0.39, 0.29) is 16.9 Å². The molecule has 0 amide bonds. The summed E-state index contributed by atoms with van der Waals surface area (Å²) in [5.74, 6) is -0.0462. The molecular weight excluding hydrogens is 385 g/mol. The highest BCUT2D eigenvalue weighted by atomic mass is 35.5. The van der Waals surface area contributed by atoms with Gasteiger partial charge >= 0.3 is 6.18 Å². The summed E-state index contributed by atoms with van der Waals surface area (Å²) >= 11 is 6.20. The fourth-order valence-electron chi connectivity index (χ4n) is 2.77. The number of rotatable bonds is 5. The van der Waals surface area contributed by atoms with Crippen molar-refractivity contribution in [1.82, 2.24) is 14.8 Å². The van der Waals surface area contributed by atoms with Gasteiger partial charge in [-0.05, 0) is 18.6 Å². The van der Waals surface area contributed by atoms with Gasteiger partial charge in [0.15, 0.2) is 5.82 Å². The van der Waals surface area contributed by atoms with Crippen LogP contribution in [0, 0.1) is 0 Å². The molecular formula is C17H16ClF3N4O2. The van der Waals surface area contributed by atoms with E-state index in [1.54, 1.807) is 6.08 Å². The molecule has 2 aromatic heterocycles. The van der Waals surface area contributed by atoms with E-state index < -0.39 is 17.3 Å². The van der Waals surface area contributed by atoms with Gasteiger partial charge in [-0.25, -0.2) is 4.98 Å². The second-order valence-corrected chi connectivity index (χ2v) is 6.32. The van der Waals surface area contributed by atoms with Crippen LogP contribution in [0.5, 0.6) is 0 Å². The number of alkyl halides is 3. The molecule has 27 heavy (non-hydrogen) atoms. The molecule has 0 aromatic carbocycles. The minimum Gasteiger partial charge on any atom is -0.372 e. The zero-order valence-corrected chi connectivity index (χ0v) is 14.9. The summed E-state index contributed by atoms with van der Waals surface area (Å²) in [7, 11) is 0. The molecule has 1 atom stereocenters. The molecule has 1 aliphatic rings. The van der Waals surface area contributed by atoms with Crippen molar-refractivity contribution < 1.29 is 17.9 Å². The summed E-state index contributed by atoms with van der Waals surface area (Å²) in [6, 6.07) is 1.91. The first-order chi connectivity index (χ1) is 12.8. The number of nitrogens with zero attached hydrogens (tertiary/aromatic N) is 4. The molecule has 144 valence electrons. The summed E-state index contributed by atoms with van der Waals surface area (Å²) in [6.45, 7) is 5.23. The van der Waals surface area contributed by atoms with Gasteiger partial charge in [0.05, 0.1) is 30.2 Å². The predicted octanol–water partition coefficient (Wildman–Crippen LogP) is 3.08. The number of aromatic nitrogens is 3. The predicted molar refractivity (Wildman–Crippen MR) is 94.4 cm³/mol. The molecule has 0 bridgehead atoms. The third kappa shape index (κ3) is 4.14. The van der Waals surface area contributed by atoms with Crippen LogP contribution in [0.25, 0.3) is 5.82 Å². The highest BCUT2D eigenvalue weighted by molar-refractivity contribution is 6.33. The SMILES string of the molecule is C=CCOC1CCN(c2cnn(-c3ccc(C(F)(F)F)cn3)c(=O)c2Cl)C1. The molecule has 0 spiro atoms. The normalized spacial score (nSPS) is 17.3. The van der Waals surface area contributed by atoms with E-state index in [1.165, 1.54) is 6.20 Å². The fraction of sp³-hybridized carbons (Fsp3) is 0.353. The van der Waals surface area contributed by atoms with E-state index in [1.807, 2.05) is 4.90 Å². The van der Waals surface area contributed by atoms with Crippen molar-refractivity contribution in [2.24, 2.45) is 0 Å². The molecule has 6 nitrogen and oxygen atoms in total. The zero-order chi connectivity index (χ0) is 19.6. The maximum atomic E-state index is 12.6. The zero-order valence-electron chi connectivity index (χ0n) is 14.1. The molecule has 1 aliphatic heterocycles.